The molecule has 0 bridgehead atoms. The van der Waals surface area contributed by atoms with E-state index in [0.29, 0.717) is 23.7 Å². The first-order valence-electron chi connectivity index (χ1n) is 7.85. The van der Waals surface area contributed by atoms with E-state index < -0.39 is 10.0 Å². The average Bonchev–Trinajstić information content (AvgIpc) is 3.12. The van der Waals surface area contributed by atoms with E-state index in [1.165, 1.54) is 18.2 Å². The second-order valence-electron chi connectivity index (χ2n) is 5.43. The molecule has 0 saturated heterocycles. The van der Waals surface area contributed by atoms with Crippen LogP contribution in [-0.2, 0) is 14.8 Å². The number of hydrogen-bond acceptors (Lipinski definition) is 10. The van der Waals surface area contributed by atoms with Crippen LogP contribution in [0.5, 0.6) is 5.75 Å². The van der Waals surface area contributed by atoms with Gasteiger partial charge in [0.2, 0.25) is 10.0 Å². The Balaban J connectivity index is 1.95. The summed E-state index contributed by atoms with van der Waals surface area (Å²) in [5, 5.41) is 26.4. The van der Waals surface area contributed by atoms with Crippen molar-refractivity contribution in [3.63, 3.8) is 0 Å². The summed E-state index contributed by atoms with van der Waals surface area (Å²) >= 11 is 6.87. The van der Waals surface area contributed by atoms with Gasteiger partial charge in [-0.2, -0.15) is 13.9 Å². The molecule has 0 unspecified atom stereocenters. The molecule has 0 fully saturated rings. The molecule has 3 aromatic rings. The molecule has 0 radical (unpaired) electrons. The van der Waals surface area contributed by atoms with Gasteiger partial charge >= 0.3 is 0 Å². The van der Waals surface area contributed by atoms with E-state index in [9.17, 15) is 13.5 Å². The molecule has 148 valence electrons. The molecule has 0 aliphatic rings. The summed E-state index contributed by atoms with van der Waals surface area (Å²) < 4.78 is 36.5. The number of ether oxygens (including phenoxy) is 1. The smallest absolute Gasteiger partial charge is 0.240 e. The summed E-state index contributed by atoms with van der Waals surface area (Å²) in [7, 11) is -3.94. The summed E-state index contributed by atoms with van der Waals surface area (Å²) in [6, 6.07) is 5.70. The predicted octanol–water partition coefficient (Wildman–Crippen LogP) is 3.52. The number of benzene rings is 2. The number of nitrogens with zero attached hydrogens (tertiary/aromatic N) is 4. The number of hydrogen-bond donors (Lipinski definition) is 3. The third-order valence-corrected chi connectivity index (χ3v) is 5.31. The molecule has 3 rings (SSSR count). The summed E-state index contributed by atoms with van der Waals surface area (Å²) in [4.78, 5) is -0.134. The number of fused-ring (bicyclic) bond motifs is 1. The highest BCUT2D eigenvalue weighted by Gasteiger charge is 2.18. The number of anilines is 1. The maximum absolute atomic E-state index is 11.7. The SMILES string of the molecule is CCOCNc1cc(/N=N/c2ccc(S(N)(=O)=O)c3nsnc23)cc(Cl)c1O. The highest BCUT2D eigenvalue weighted by Crippen LogP contribution is 2.37. The Morgan fingerprint density at radius 2 is 2.04 bits per heavy atom. The van der Waals surface area contributed by atoms with Gasteiger partial charge in [-0.15, -0.1) is 5.11 Å². The molecular formula is C15H15ClN6O4S2. The van der Waals surface area contributed by atoms with Crippen molar-refractivity contribution in [2.24, 2.45) is 15.4 Å². The zero-order valence-corrected chi connectivity index (χ0v) is 16.8. The molecule has 10 nitrogen and oxygen atoms in total. The molecule has 1 aromatic heterocycles. The quantitative estimate of drug-likeness (QED) is 0.219. The summed E-state index contributed by atoms with van der Waals surface area (Å²) in [5.74, 6) is -0.135. The number of azo groups is 1. The lowest BCUT2D eigenvalue weighted by atomic mass is 10.2. The van der Waals surface area contributed by atoms with Gasteiger partial charge in [0.15, 0.2) is 5.75 Å². The van der Waals surface area contributed by atoms with Gasteiger partial charge in [0.25, 0.3) is 0 Å². The Kier molecular flexibility index (Phi) is 6.05. The van der Waals surface area contributed by atoms with Crippen LogP contribution in [0.25, 0.3) is 11.0 Å². The van der Waals surface area contributed by atoms with Crippen molar-refractivity contribution >= 4 is 61.4 Å². The molecule has 0 aliphatic carbocycles. The van der Waals surface area contributed by atoms with Crippen molar-refractivity contribution in [3.05, 3.63) is 29.3 Å². The second kappa shape index (κ2) is 8.32. The summed E-state index contributed by atoms with van der Waals surface area (Å²) in [5.41, 5.74) is 1.39. The van der Waals surface area contributed by atoms with Crippen molar-refractivity contribution in [2.75, 3.05) is 18.7 Å². The lowest BCUT2D eigenvalue weighted by Crippen LogP contribution is -2.12. The third kappa shape index (κ3) is 4.36. The van der Waals surface area contributed by atoms with Crippen LogP contribution in [0.3, 0.4) is 0 Å². The van der Waals surface area contributed by atoms with Crippen molar-refractivity contribution in [1.29, 1.82) is 0 Å². The number of aromatic hydroxyl groups is 1. The van der Waals surface area contributed by atoms with Gasteiger partial charge in [-0.05, 0) is 31.2 Å². The third-order valence-electron chi connectivity index (χ3n) is 3.55. The Hall–Kier alpha value is -2.38. The number of rotatable bonds is 7. The van der Waals surface area contributed by atoms with Crippen molar-refractivity contribution in [2.45, 2.75) is 11.8 Å². The van der Waals surface area contributed by atoms with Gasteiger partial charge in [0.1, 0.15) is 28.3 Å². The van der Waals surface area contributed by atoms with Crippen LogP contribution in [0.1, 0.15) is 6.92 Å². The van der Waals surface area contributed by atoms with Gasteiger partial charge in [-0.25, -0.2) is 13.6 Å². The van der Waals surface area contributed by atoms with Crippen molar-refractivity contribution < 1.29 is 18.3 Å². The number of nitrogens with one attached hydrogen (secondary N) is 1. The average molecular weight is 443 g/mol. The molecule has 28 heavy (non-hydrogen) atoms. The molecule has 0 spiro atoms. The van der Waals surface area contributed by atoms with Crippen LogP contribution < -0.4 is 10.5 Å². The number of phenolic OH excluding ortho intramolecular Hbond substituents is 1. The van der Waals surface area contributed by atoms with Crippen LogP contribution in [0.15, 0.2) is 39.4 Å². The lowest BCUT2D eigenvalue weighted by Gasteiger charge is -2.10. The minimum Gasteiger partial charge on any atom is -0.504 e. The summed E-state index contributed by atoms with van der Waals surface area (Å²) in [6.07, 6.45) is 0. The Labute approximate surface area is 169 Å². The largest absolute Gasteiger partial charge is 0.504 e. The first-order chi connectivity index (χ1) is 13.3. The van der Waals surface area contributed by atoms with Crippen LogP contribution in [-0.4, -0.2) is 35.6 Å². The zero-order valence-electron chi connectivity index (χ0n) is 14.5. The van der Waals surface area contributed by atoms with Gasteiger partial charge < -0.3 is 15.2 Å². The minimum absolute atomic E-state index is 0.0838. The molecule has 0 atom stereocenters. The standard InChI is InChI=1S/C15H15ClN6O4S2/c1-2-26-7-18-11-6-8(5-9(16)15(11)23)19-20-10-3-4-12(28(17,24)25)14-13(10)21-27-22-14/h3-6,18,23H,2,7H2,1H3,(H2,17,24,25)/b20-19+. The van der Waals surface area contributed by atoms with E-state index in [1.54, 1.807) is 6.07 Å². The number of sulfonamides is 1. The molecule has 4 N–H and O–H groups in total. The monoisotopic (exact) mass is 442 g/mol. The van der Waals surface area contributed by atoms with Gasteiger partial charge in [-0.3, -0.25) is 0 Å². The molecule has 13 heteroatoms. The van der Waals surface area contributed by atoms with E-state index >= 15 is 0 Å². The van der Waals surface area contributed by atoms with Crippen LogP contribution in [0, 0.1) is 0 Å². The van der Waals surface area contributed by atoms with E-state index in [2.05, 4.69) is 24.3 Å². The maximum atomic E-state index is 11.7. The van der Waals surface area contributed by atoms with Gasteiger partial charge in [-0.1, -0.05) is 11.6 Å². The number of phenols is 1. The fourth-order valence-electron chi connectivity index (χ4n) is 2.26. The van der Waals surface area contributed by atoms with E-state index in [-0.39, 0.29) is 33.4 Å². The molecule has 0 saturated carbocycles. The number of aromatic nitrogens is 2. The first kappa shape index (κ1) is 20.4. The molecule has 0 aliphatic heterocycles. The first-order valence-corrected chi connectivity index (χ1v) is 10.5. The van der Waals surface area contributed by atoms with Crippen LogP contribution in [0.2, 0.25) is 5.02 Å². The molecule has 2 aromatic carbocycles. The minimum atomic E-state index is -3.94. The lowest BCUT2D eigenvalue weighted by molar-refractivity contribution is 0.166. The Morgan fingerprint density at radius 3 is 2.75 bits per heavy atom. The van der Waals surface area contributed by atoms with Crippen LogP contribution in [0.4, 0.5) is 17.1 Å². The number of halogens is 1. The highest BCUT2D eigenvalue weighted by molar-refractivity contribution is 7.89. The Bertz CT molecular complexity index is 1150. The van der Waals surface area contributed by atoms with Crippen molar-refractivity contribution in [3.8, 4) is 5.75 Å². The number of primary sulfonamides is 1. The predicted molar refractivity (Wildman–Crippen MR) is 106 cm³/mol. The van der Waals surface area contributed by atoms with Crippen LogP contribution >= 0.6 is 23.3 Å². The second-order valence-corrected chi connectivity index (χ2v) is 7.89. The summed E-state index contributed by atoms with van der Waals surface area (Å²) in [6.45, 7) is 2.53. The van der Waals surface area contributed by atoms with Gasteiger partial charge in [0, 0.05) is 6.61 Å². The molecular weight excluding hydrogens is 428 g/mol. The fraction of sp³-hybridized carbons (Fsp3) is 0.200. The van der Waals surface area contributed by atoms with Crippen molar-refractivity contribution in [1.82, 2.24) is 8.75 Å². The topological polar surface area (TPSA) is 152 Å². The zero-order chi connectivity index (χ0) is 20.3. The Morgan fingerprint density at radius 1 is 1.29 bits per heavy atom. The van der Waals surface area contributed by atoms with E-state index in [4.69, 9.17) is 21.5 Å². The highest BCUT2D eigenvalue weighted by atomic mass is 35.5. The maximum Gasteiger partial charge on any atom is 0.240 e. The molecule has 1 heterocycles. The van der Waals surface area contributed by atoms with E-state index in [1.807, 2.05) is 6.92 Å². The number of nitrogens with two attached hydrogens (primary N) is 1. The molecule has 0 amide bonds. The normalized spacial score (nSPS) is 12.1. The van der Waals surface area contributed by atoms with E-state index in [0.717, 1.165) is 11.7 Å². The fourth-order valence-corrected chi connectivity index (χ4v) is 3.77. The van der Waals surface area contributed by atoms with Gasteiger partial charge in [0.05, 0.1) is 28.1 Å².